The molecule has 1 unspecified atom stereocenters. The zero-order chi connectivity index (χ0) is 11.8. The van der Waals surface area contributed by atoms with Crippen LogP contribution in [-0.4, -0.2) is 15.0 Å². The molecule has 0 fully saturated rings. The molecule has 16 heavy (non-hydrogen) atoms. The third-order valence-corrected chi connectivity index (χ3v) is 3.48. The van der Waals surface area contributed by atoms with Crippen LogP contribution in [0.2, 0.25) is 0 Å². The number of rotatable bonds is 1. The summed E-state index contributed by atoms with van der Waals surface area (Å²) in [6.07, 6.45) is 3.53. The minimum atomic E-state index is -2.82. The van der Waals surface area contributed by atoms with Crippen molar-refractivity contribution in [2.24, 2.45) is 13.0 Å². The highest BCUT2D eigenvalue weighted by Gasteiger charge is 2.45. The molecule has 2 rings (SSSR count). The van der Waals surface area contributed by atoms with Crippen LogP contribution in [0.15, 0.2) is 0 Å². The molecule has 0 amide bonds. The van der Waals surface area contributed by atoms with Gasteiger partial charge in [0.25, 0.3) is 5.92 Å². The van der Waals surface area contributed by atoms with Crippen LogP contribution in [0.5, 0.6) is 0 Å². The summed E-state index contributed by atoms with van der Waals surface area (Å²) in [6, 6.07) is 0. The first kappa shape index (κ1) is 11.5. The first-order chi connectivity index (χ1) is 7.57. The molecule has 1 heterocycles. The number of nitrogens with zero attached hydrogens (tertiary/aromatic N) is 3. The van der Waals surface area contributed by atoms with Crippen molar-refractivity contribution in [3.05, 3.63) is 11.4 Å². The van der Waals surface area contributed by atoms with E-state index in [0.717, 1.165) is 12.8 Å². The summed E-state index contributed by atoms with van der Waals surface area (Å²) in [5.74, 6) is -3.41. The SMILES string of the molecule is CCC1CCCCc2c(nnn2C)C1(F)F. The van der Waals surface area contributed by atoms with Crippen molar-refractivity contribution in [1.29, 1.82) is 0 Å². The quantitative estimate of drug-likeness (QED) is 0.741. The maximum atomic E-state index is 14.2. The average Bonchev–Trinajstić information content (AvgIpc) is 2.58. The minimum absolute atomic E-state index is 0.0958. The second kappa shape index (κ2) is 4.11. The number of hydrogen-bond donors (Lipinski definition) is 0. The van der Waals surface area contributed by atoms with Gasteiger partial charge in [-0.3, -0.25) is 4.68 Å². The monoisotopic (exact) mass is 229 g/mol. The van der Waals surface area contributed by atoms with Gasteiger partial charge < -0.3 is 0 Å². The summed E-state index contributed by atoms with van der Waals surface area (Å²) in [4.78, 5) is 0. The number of alkyl halides is 2. The number of aromatic nitrogens is 3. The second-order valence-corrected chi connectivity index (χ2v) is 4.48. The van der Waals surface area contributed by atoms with E-state index in [0.29, 0.717) is 25.0 Å². The van der Waals surface area contributed by atoms with Crippen LogP contribution in [0.1, 0.15) is 44.0 Å². The normalized spacial score (nSPS) is 24.6. The first-order valence-electron chi connectivity index (χ1n) is 5.84. The van der Waals surface area contributed by atoms with Crippen molar-refractivity contribution in [3.63, 3.8) is 0 Å². The van der Waals surface area contributed by atoms with Gasteiger partial charge in [0.15, 0.2) is 5.69 Å². The molecule has 0 aromatic carbocycles. The summed E-state index contributed by atoms with van der Waals surface area (Å²) in [5, 5.41) is 7.40. The van der Waals surface area contributed by atoms with E-state index in [2.05, 4.69) is 10.3 Å². The van der Waals surface area contributed by atoms with Crippen LogP contribution in [0.25, 0.3) is 0 Å². The van der Waals surface area contributed by atoms with E-state index >= 15 is 0 Å². The van der Waals surface area contributed by atoms with Crippen molar-refractivity contribution < 1.29 is 8.78 Å². The van der Waals surface area contributed by atoms with Crippen molar-refractivity contribution in [2.45, 2.75) is 45.0 Å². The zero-order valence-electron chi connectivity index (χ0n) is 9.71. The summed E-state index contributed by atoms with van der Waals surface area (Å²) in [5.41, 5.74) is 0.504. The highest BCUT2D eigenvalue weighted by Crippen LogP contribution is 2.42. The minimum Gasteiger partial charge on any atom is -0.252 e. The van der Waals surface area contributed by atoms with Gasteiger partial charge in [0.1, 0.15) is 0 Å². The molecule has 1 aliphatic rings. The fourth-order valence-corrected chi connectivity index (χ4v) is 2.43. The van der Waals surface area contributed by atoms with Gasteiger partial charge in [0, 0.05) is 13.0 Å². The van der Waals surface area contributed by atoms with E-state index in [1.165, 1.54) is 4.68 Å². The van der Waals surface area contributed by atoms with E-state index in [1.807, 2.05) is 6.92 Å². The Balaban J connectivity index is 2.45. The van der Waals surface area contributed by atoms with E-state index in [9.17, 15) is 8.78 Å². The van der Waals surface area contributed by atoms with Gasteiger partial charge >= 0.3 is 0 Å². The van der Waals surface area contributed by atoms with Crippen LogP contribution in [0, 0.1) is 5.92 Å². The fourth-order valence-electron chi connectivity index (χ4n) is 2.43. The number of aryl methyl sites for hydroxylation is 1. The van der Waals surface area contributed by atoms with E-state index in [1.54, 1.807) is 7.05 Å². The maximum absolute atomic E-state index is 14.2. The Labute approximate surface area is 93.8 Å². The molecule has 0 saturated heterocycles. The van der Waals surface area contributed by atoms with Crippen LogP contribution in [-0.2, 0) is 19.4 Å². The molecule has 90 valence electrons. The lowest BCUT2D eigenvalue weighted by molar-refractivity contribution is -0.0765. The molecule has 0 spiro atoms. The molecular weight excluding hydrogens is 212 g/mol. The lowest BCUT2D eigenvalue weighted by Gasteiger charge is -2.27. The smallest absolute Gasteiger partial charge is 0.252 e. The van der Waals surface area contributed by atoms with Crippen LogP contribution < -0.4 is 0 Å². The largest absolute Gasteiger partial charge is 0.296 e. The molecule has 0 bridgehead atoms. The zero-order valence-corrected chi connectivity index (χ0v) is 9.71. The highest BCUT2D eigenvalue weighted by molar-refractivity contribution is 5.18. The highest BCUT2D eigenvalue weighted by atomic mass is 19.3. The molecular formula is C11H17F2N3. The summed E-state index contributed by atoms with van der Waals surface area (Å²) in [7, 11) is 1.68. The predicted molar refractivity (Wildman–Crippen MR) is 56.2 cm³/mol. The van der Waals surface area contributed by atoms with Gasteiger partial charge in [-0.05, 0) is 25.7 Å². The van der Waals surface area contributed by atoms with E-state index in [4.69, 9.17) is 0 Å². The Morgan fingerprint density at radius 1 is 1.44 bits per heavy atom. The lowest BCUT2D eigenvalue weighted by Crippen LogP contribution is -2.29. The van der Waals surface area contributed by atoms with Crippen LogP contribution >= 0.6 is 0 Å². The molecule has 0 N–H and O–H groups in total. The van der Waals surface area contributed by atoms with Gasteiger partial charge in [-0.2, -0.15) is 8.78 Å². The second-order valence-electron chi connectivity index (χ2n) is 4.48. The average molecular weight is 229 g/mol. The Bertz CT molecular complexity index is 373. The summed E-state index contributed by atoms with van der Waals surface area (Å²) in [6.45, 7) is 1.82. The molecule has 0 saturated carbocycles. The standard InChI is InChI=1S/C11H17F2N3/c1-3-8-6-4-5-7-9-10(11(8,12)13)14-15-16(9)2/h8H,3-7H2,1-2H3. The molecule has 0 radical (unpaired) electrons. The summed E-state index contributed by atoms with van der Waals surface area (Å²) < 4.78 is 29.9. The molecule has 0 aliphatic heterocycles. The van der Waals surface area contributed by atoms with Gasteiger partial charge in [0.05, 0.1) is 5.69 Å². The van der Waals surface area contributed by atoms with Gasteiger partial charge in [-0.25, -0.2) is 0 Å². The molecule has 1 aliphatic carbocycles. The lowest BCUT2D eigenvalue weighted by atomic mass is 9.86. The van der Waals surface area contributed by atoms with Crippen molar-refractivity contribution in [3.8, 4) is 0 Å². The van der Waals surface area contributed by atoms with Crippen molar-refractivity contribution in [2.75, 3.05) is 0 Å². The van der Waals surface area contributed by atoms with Gasteiger partial charge in [-0.15, -0.1) is 5.10 Å². The first-order valence-corrected chi connectivity index (χ1v) is 5.84. The third kappa shape index (κ3) is 1.72. The number of hydrogen-bond acceptors (Lipinski definition) is 2. The number of fused-ring (bicyclic) bond motifs is 1. The van der Waals surface area contributed by atoms with Crippen molar-refractivity contribution in [1.82, 2.24) is 15.0 Å². The van der Waals surface area contributed by atoms with Gasteiger partial charge in [0.2, 0.25) is 0 Å². The van der Waals surface area contributed by atoms with E-state index < -0.39 is 11.8 Å². The molecule has 1 aromatic heterocycles. The maximum Gasteiger partial charge on any atom is 0.296 e. The van der Waals surface area contributed by atoms with E-state index in [-0.39, 0.29) is 5.69 Å². The molecule has 1 atom stereocenters. The Morgan fingerprint density at radius 2 is 2.19 bits per heavy atom. The third-order valence-electron chi connectivity index (χ3n) is 3.48. The van der Waals surface area contributed by atoms with Crippen LogP contribution in [0.4, 0.5) is 8.78 Å². The number of halogens is 2. The summed E-state index contributed by atoms with van der Waals surface area (Å²) >= 11 is 0. The molecule has 1 aromatic rings. The fraction of sp³-hybridized carbons (Fsp3) is 0.818. The Hall–Kier alpha value is -1.00. The van der Waals surface area contributed by atoms with Crippen molar-refractivity contribution >= 4 is 0 Å². The molecule has 5 heteroatoms. The van der Waals surface area contributed by atoms with Gasteiger partial charge in [-0.1, -0.05) is 18.6 Å². The Morgan fingerprint density at radius 3 is 2.88 bits per heavy atom. The Kier molecular flexibility index (Phi) is 2.95. The van der Waals surface area contributed by atoms with Crippen LogP contribution in [0.3, 0.4) is 0 Å². The topological polar surface area (TPSA) is 30.7 Å². The molecule has 3 nitrogen and oxygen atoms in total. The predicted octanol–water partition coefficient (Wildman–Crippen LogP) is 2.66.